The van der Waals surface area contributed by atoms with E-state index in [-0.39, 0.29) is 12.8 Å². The second kappa shape index (κ2) is 6.00. The molecule has 0 aliphatic heterocycles. The van der Waals surface area contributed by atoms with Crippen molar-refractivity contribution in [3.8, 4) is 12.3 Å². The summed E-state index contributed by atoms with van der Waals surface area (Å²) < 4.78 is 4.32. The Morgan fingerprint density at radius 3 is 2.79 bits per heavy atom. The first kappa shape index (κ1) is 12.5. The van der Waals surface area contributed by atoms with Crippen LogP contribution in [-0.4, -0.2) is 36.7 Å². The van der Waals surface area contributed by atoms with Crippen molar-refractivity contribution in [1.82, 2.24) is 5.32 Å². The minimum absolute atomic E-state index is 0.179. The second-order valence-electron chi connectivity index (χ2n) is 2.75. The van der Waals surface area contributed by atoms with Gasteiger partial charge in [-0.2, -0.15) is 0 Å². The van der Waals surface area contributed by atoms with Gasteiger partial charge in [-0.3, -0.25) is 0 Å². The molecule has 0 heterocycles. The van der Waals surface area contributed by atoms with E-state index >= 15 is 0 Å². The third-order valence-electron chi connectivity index (χ3n) is 1.76. The topological polar surface area (TPSA) is 75.6 Å². The fourth-order valence-electron chi connectivity index (χ4n) is 0.856. The Hall–Kier alpha value is -1.54. The van der Waals surface area contributed by atoms with E-state index in [0.29, 0.717) is 6.29 Å². The van der Waals surface area contributed by atoms with E-state index in [1.54, 1.807) is 0 Å². The number of nitrogens with one attached hydrogen (secondary N) is 1. The molecule has 0 radical (unpaired) electrons. The minimum Gasteiger partial charge on any atom is -0.453 e. The van der Waals surface area contributed by atoms with Gasteiger partial charge in [-0.1, -0.05) is 0 Å². The Balaban J connectivity index is 4.45. The third-order valence-corrected chi connectivity index (χ3v) is 1.76. The van der Waals surface area contributed by atoms with Crippen LogP contribution in [0.1, 0.15) is 12.8 Å². The summed E-state index contributed by atoms with van der Waals surface area (Å²) in [7, 11) is 1.17. The van der Waals surface area contributed by atoms with Crippen molar-refractivity contribution in [2.75, 3.05) is 13.7 Å². The molecule has 0 aliphatic carbocycles. The fraction of sp³-hybridized carbons (Fsp3) is 0.556. The lowest BCUT2D eigenvalue weighted by Gasteiger charge is -2.25. The Morgan fingerprint density at radius 1 is 1.79 bits per heavy atom. The first-order chi connectivity index (χ1) is 6.64. The number of carbonyl (C=O) groups is 2. The average molecular weight is 199 g/mol. The quantitative estimate of drug-likeness (QED) is 0.470. The largest absolute Gasteiger partial charge is 0.453 e. The van der Waals surface area contributed by atoms with E-state index < -0.39 is 18.2 Å². The molecule has 2 N–H and O–H groups in total. The number of amides is 1. The van der Waals surface area contributed by atoms with Crippen LogP contribution < -0.4 is 5.32 Å². The molecule has 1 atom stereocenters. The molecule has 1 unspecified atom stereocenters. The van der Waals surface area contributed by atoms with Crippen molar-refractivity contribution in [2.45, 2.75) is 18.4 Å². The maximum Gasteiger partial charge on any atom is 0.407 e. The lowest BCUT2D eigenvalue weighted by atomic mass is 9.96. The van der Waals surface area contributed by atoms with Crippen molar-refractivity contribution < 1.29 is 19.4 Å². The van der Waals surface area contributed by atoms with Gasteiger partial charge in [0, 0.05) is 6.42 Å². The summed E-state index contributed by atoms with van der Waals surface area (Å²) in [6.07, 6.45) is 5.16. The number of rotatable bonds is 5. The van der Waals surface area contributed by atoms with E-state index in [1.807, 2.05) is 0 Å². The van der Waals surface area contributed by atoms with Gasteiger partial charge in [-0.05, 0) is 6.42 Å². The molecule has 0 fully saturated rings. The number of alkyl carbamates (subject to hydrolysis) is 1. The molecular formula is C9H13NO4. The van der Waals surface area contributed by atoms with Crippen molar-refractivity contribution in [3.05, 3.63) is 0 Å². The number of aliphatic hydroxyl groups is 1. The average Bonchev–Trinajstić information content (AvgIpc) is 2.24. The Morgan fingerprint density at radius 2 is 2.43 bits per heavy atom. The zero-order valence-corrected chi connectivity index (χ0v) is 7.95. The highest BCUT2D eigenvalue weighted by molar-refractivity contribution is 5.76. The first-order valence-electron chi connectivity index (χ1n) is 4.01. The van der Waals surface area contributed by atoms with Gasteiger partial charge in [-0.15, -0.1) is 12.3 Å². The SMILES string of the molecule is C#CCCC(C=O)(CO)NC(=O)OC. The van der Waals surface area contributed by atoms with Crippen LogP contribution >= 0.6 is 0 Å². The lowest BCUT2D eigenvalue weighted by Crippen LogP contribution is -2.52. The molecule has 0 saturated heterocycles. The van der Waals surface area contributed by atoms with Gasteiger partial charge >= 0.3 is 6.09 Å². The van der Waals surface area contributed by atoms with Gasteiger partial charge in [0.1, 0.15) is 11.8 Å². The number of methoxy groups -OCH3 is 1. The molecule has 0 spiro atoms. The minimum atomic E-state index is -1.33. The lowest BCUT2D eigenvalue weighted by molar-refractivity contribution is -0.114. The van der Waals surface area contributed by atoms with E-state index in [2.05, 4.69) is 16.0 Å². The Labute approximate surface area is 82.4 Å². The highest BCUT2D eigenvalue weighted by atomic mass is 16.5. The number of ether oxygens (including phenoxy) is 1. The highest BCUT2D eigenvalue weighted by Crippen LogP contribution is 2.09. The summed E-state index contributed by atoms with van der Waals surface area (Å²) in [4.78, 5) is 21.6. The van der Waals surface area contributed by atoms with Crippen LogP contribution in [0.15, 0.2) is 0 Å². The first-order valence-corrected chi connectivity index (χ1v) is 4.01. The van der Waals surface area contributed by atoms with Gasteiger partial charge in [0.05, 0.1) is 13.7 Å². The summed E-state index contributed by atoms with van der Waals surface area (Å²) in [6, 6.07) is 0. The number of terminal acetylenes is 1. The van der Waals surface area contributed by atoms with Crippen LogP contribution in [0.3, 0.4) is 0 Å². The summed E-state index contributed by atoms with van der Waals surface area (Å²) >= 11 is 0. The summed E-state index contributed by atoms with van der Waals surface area (Å²) in [5.41, 5.74) is -1.33. The Bertz CT molecular complexity index is 246. The van der Waals surface area contributed by atoms with Crippen LogP contribution in [0.2, 0.25) is 0 Å². The molecule has 78 valence electrons. The molecule has 0 aromatic heterocycles. The van der Waals surface area contributed by atoms with Gasteiger partial charge in [0.2, 0.25) is 0 Å². The molecule has 14 heavy (non-hydrogen) atoms. The van der Waals surface area contributed by atoms with Gasteiger partial charge in [0.15, 0.2) is 0 Å². The van der Waals surface area contributed by atoms with E-state index in [4.69, 9.17) is 11.5 Å². The third kappa shape index (κ3) is 3.46. The molecule has 5 heteroatoms. The van der Waals surface area contributed by atoms with Crippen LogP contribution in [0, 0.1) is 12.3 Å². The fourth-order valence-corrected chi connectivity index (χ4v) is 0.856. The van der Waals surface area contributed by atoms with Crippen LogP contribution in [0.5, 0.6) is 0 Å². The van der Waals surface area contributed by atoms with E-state index in [1.165, 1.54) is 7.11 Å². The van der Waals surface area contributed by atoms with Crippen LogP contribution in [0.4, 0.5) is 4.79 Å². The molecule has 5 nitrogen and oxygen atoms in total. The van der Waals surface area contributed by atoms with Crippen molar-refractivity contribution >= 4 is 12.4 Å². The predicted molar refractivity (Wildman–Crippen MR) is 49.5 cm³/mol. The molecule has 0 aromatic carbocycles. The van der Waals surface area contributed by atoms with Gasteiger partial charge in [0.25, 0.3) is 0 Å². The molecular weight excluding hydrogens is 186 g/mol. The molecule has 0 rings (SSSR count). The summed E-state index contributed by atoms with van der Waals surface area (Å²) in [5, 5.41) is 11.2. The maximum absolute atomic E-state index is 10.9. The second-order valence-corrected chi connectivity index (χ2v) is 2.75. The Kier molecular flexibility index (Phi) is 5.34. The number of carbonyl (C=O) groups excluding carboxylic acids is 2. The summed E-state index contributed by atoms with van der Waals surface area (Å²) in [6.45, 7) is -0.507. The molecule has 1 amide bonds. The van der Waals surface area contributed by atoms with Gasteiger partial charge < -0.3 is 20.0 Å². The smallest absolute Gasteiger partial charge is 0.407 e. The van der Waals surface area contributed by atoms with Crippen LogP contribution in [-0.2, 0) is 9.53 Å². The van der Waals surface area contributed by atoms with Crippen LogP contribution in [0.25, 0.3) is 0 Å². The standard InChI is InChI=1S/C9H13NO4/c1-3-4-5-9(6-11,7-12)10-8(13)14-2/h1,6,12H,4-5,7H2,2H3,(H,10,13). The monoisotopic (exact) mass is 199 g/mol. The number of aliphatic hydroxyl groups excluding tert-OH is 1. The van der Waals surface area contributed by atoms with Gasteiger partial charge in [-0.25, -0.2) is 4.79 Å². The zero-order chi connectivity index (χ0) is 11.0. The molecule has 0 bridgehead atoms. The normalized spacial score (nSPS) is 13.5. The van der Waals surface area contributed by atoms with E-state index in [9.17, 15) is 9.59 Å². The molecule has 0 aliphatic rings. The number of hydrogen-bond acceptors (Lipinski definition) is 4. The molecule has 0 aromatic rings. The van der Waals surface area contributed by atoms with Crippen molar-refractivity contribution in [3.63, 3.8) is 0 Å². The number of hydrogen-bond donors (Lipinski definition) is 2. The van der Waals surface area contributed by atoms with E-state index in [0.717, 1.165) is 0 Å². The van der Waals surface area contributed by atoms with Crippen molar-refractivity contribution in [1.29, 1.82) is 0 Å². The summed E-state index contributed by atoms with van der Waals surface area (Å²) in [5.74, 6) is 2.32. The van der Waals surface area contributed by atoms with Crippen molar-refractivity contribution in [2.24, 2.45) is 0 Å². The zero-order valence-electron chi connectivity index (χ0n) is 7.95. The maximum atomic E-state index is 10.9. The predicted octanol–water partition coefficient (Wildman–Crippen LogP) is -0.314. The molecule has 0 saturated carbocycles. The highest BCUT2D eigenvalue weighted by Gasteiger charge is 2.30. The number of aldehydes is 1.